The van der Waals surface area contributed by atoms with Gasteiger partial charge in [0.1, 0.15) is 6.26 Å². The number of pyridine rings is 1. The highest BCUT2D eigenvalue weighted by Crippen LogP contribution is 2.03. The molecule has 0 atom stereocenters. The Hall–Kier alpha value is -2.17. The topological polar surface area (TPSA) is 59.2 Å². The summed E-state index contributed by atoms with van der Waals surface area (Å²) in [4.78, 5) is 21.6. The lowest BCUT2D eigenvalue weighted by Gasteiger charge is -2.16. The SMILES string of the molecule is CN(CCc1ccncc1)C(=O)CCc1cocn1. The number of carbonyl (C=O) groups excluding carboxylic acids is 1. The zero-order chi connectivity index (χ0) is 13.5. The standard InChI is InChI=1S/C14H17N3O2/c1-17(9-6-12-4-7-15-8-5-12)14(18)3-2-13-10-19-11-16-13/h4-5,7-8,10-11H,2-3,6,9H2,1H3. The third-order valence-electron chi connectivity index (χ3n) is 2.99. The first kappa shape index (κ1) is 13.3. The molecule has 19 heavy (non-hydrogen) atoms. The summed E-state index contributed by atoms with van der Waals surface area (Å²) in [5, 5.41) is 0. The van der Waals surface area contributed by atoms with Crippen molar-refractivity contribution in [2.75, 3.05) is 13.6 Å². The first-order valence-electron chi connectivity index (χ1n) is 6.25. The fourth-order valence-corrected chi connectivity index (χ4v) is 1.76. The highest BCUT2D eigenvalue weighted by atomic mass is 16.3. The first-order chi connectivity index (χ1) is 9.25. The smallest absolute Gasteiger partial charge is 0.222 e. The Morgan fingerprint density at radius 3 is 2.79 bits per heavy atom. The Bertz CT molecular complexity index is 497. The fourth-order valence-electron chi connectivity index (χ4n) is 1.76. The molecule has 0 saturated heterocycles. The van der Waals surface area contributed by atoms with Crippen molar-refractivity contribution in [3.63, 3.8) is 0 Å². The lowest BCUT2D eigenvalue weighted by molar-refractivity contribution is -0.129. The van der Waals surface area contributed by atoms with Crippen LogP contribution in [0.3, 0.4) is 0 Å². The first-order valence-corrected chi connectivity index (χ1v) is 6.25. The maximum atomic E-state index is 11.9. The summed E-state index contributed by atoms with van der Waals surface area (Å²) in [7, 11) is 1.83. The van der Waals surface area contributed by atoms with Gasteiger partial charge in [-0.05, 0) is 24.1 Å². The second-order valence-electron chi connectivity index (χ2n) is 4.40. The molecule has 0 saturated carbocycles. The van der Waals surface area contributed by atoms with Crippen LogP contribution in [-0.2, 0) is 17.6 Å². The fraction of sp³-hybridized carbons (Fsp3) is 0.357. The van der Waals surface area contributed by atoms with Crippen LogP contribution in [0, 0.1) is 0 Å². The number of hydrogen-bond acceptors (Lipinski definition) is 4. The molecule has 0 aliphatic rings. The molecule has 0 fully saturated rings. The Morgan fingerprint density at radius 2 is 2.11 bits per heavy atom. The average molecular weight is 259 g/mol. The van der Waals surface area contributed by atoms with Crippen LogP contribution in [0.2, 0.25) is 0 Å². The Balaban J connectivity index is 1.73. The van der Waals surface area contributed by atoms with Crippen LogP contribution in [0.1, 0.15) is 17.7 Å². The molecule has 5 heteroatoms. The number of rotatable bonds is 6. The predicted molar refractivity (Wildman–Crippen MR) is 70.4 cm³/mol. The van der Waals surface area contributed by atoms with Gasteiger partial charge in [0.25, 0.3) is 0 Å². The molecule has 0 N–H and O–H groups in total. The van der Waals surface area contributed by atoms with Crippen molar-refractivity contribution in [1.29, 1.82) is 0 Å². The van der Waals surface area contributed by atoms with Crippen LogP contribution >= 0.6 is 0 Å². The summed E-state index contributed by atoms with van der Waals surface area (Å²) in [6, 6.07) is 3.93. The van der Waals surface area contributed by atoms with E-state index in [2.05, 4.69) is 9.97 Å². The van der Waals surface area contributed by atoms with Crippen molar-refractivity contribution in [3.05, 3.63) is 48.4 Å². The van der Waals surface area contributed by atoms with Gasteiger partial charge in [0, 0.05) is 38.8 Å². The maximum Gasteiger partial charge on any atom is 0.222 e. The van der Waals surface area contributed by atoms with E-state index in [1.165, 1.54) is 12.0 Å². The molecule has 5 nitrogen and oxygen atoms in total. The van der Waals surface area contributed by atoms with Gasteiger partial charge in [-0.15, -0.1) is 0 Å². The minimum absolute atomic E-state index is 0.122. The van der Waals surface area contributed by atoms with Crippen molar-refractivity contribution in [2.45, 2.75) is 19.3 Å². The van der Waals surface area contributed by atoms with Gasteiger partial charge in [-0.1, -0.05) is 0 Å². The van der Waals surface area contributed by atoms with E-state index in [1.807, 2.05) is 19.2 Å². The molecule has 2 aromatic rings. The summed E-state index contributed by atoms with van der Waals surface area (Å²) in [6.07, 6.45) is 8.41. The van der Waals surface area contributed by atoms with Crippen LogP contribution in [0.15, 0.2) is 41.6 Å². The Morgan fingerprint density at radius 1 is 1.32 bits per heavy atom. The van der Waals surface area contributed by atoms with Crippen molar-refractivity contribution < 1.29 is 9.21 Å². The minimum Gasteiger partial charge on any atom is -0.451 e. The van der Waals surface area contributed by atoms with Crippen molar-refractivity contribution in [1.82, 2.24) is 14.9 Å². The predicted octanol–water partition coefficient (Wildman–Crippen LogP) is 1.70. The molecule has 0 aromatic carbocycles. The maximum absolute atomic E-state index is 11.9. The Kier molecular flexibility index (Phi) is 4.66. The van der Waals surface area contributed by atoms with Crippen molar-refractivity contribution in [2.24, 2.45) is 0 Å². The van der Waals surface area contributed by atoms with E-state index in [0.29, 0.717) is 19.4 Å². The lowest BCUT2D eigenvalue weighted by Crippen LogP contribution is -2.29. The molecule has 0 spiro atoms. The third kappa shape index (κ3) is 4.21. The van der Waals surface area contributed by atoms with Gasteiger partial charge in [-0.25, -0.2) is 4.98 Å². The lowest BCUT2D eigenvalue weighted by atomic mass is 10.2. The van der Waals surface area contributed by atoms with Crippen LogP contribution in [0.5, 0.6) is 0 Å². The number of likely N-dealkylation sites (N-methyl/N-ethyl adjacent to an activating group) is 1. The van der Waals surface area contributed by atoms with Crippen LogP contribution in [0.25, 0.3) is 0 Å². The third-order valence-corrected chi connectivity index (χ3v) is 2.99. The number of hydrogen-bond donors (Lipinski definition) is 0. The van der Waals surface area contributed by atoms with Gasteiger partial charge < -0.3 is 9.32 Å². The second-order valence-corrected chi connectivity index (χ2v) is 4.40. The highest BCUT2D eigenvalue weighted by Gasteiger charge is 2.09. The van der Waals surface area contributed by atoms with Gasteiger partial charge >= 0.3 is 0 Å². The molecule has 1 amide bonds. The van der Waals surface area contributed by atoms with Crippen LogP contribution < -0.4 is 0 Å². The molecule has 0 aliphatic carbocycles. The van der Waals surface area contributed by atoms with Crippen LogP contribution in [0.4, 0.5) is 0 Å². The van der Waals surface area contributed by atoms with E-state index in [4.69, 9.17) is 4.42 Å². The molecule has 0 radical (unpaired) electrons. The number of aryl methyl sites for hydroxylation is 1. The van der Waals surface area contributed by atoms with E-state index in [9.17, 15) is 4.79 Å². The monoisotopic (exact) mass is 259 g/mol. The van der Waals surface area contributed by atoms with E-state index in [1.54, 1.807) is 23.6 Å². The Labute approximate surface area is 112 Å². The highest BCUT2D eigenvalue weighted by molar-refractivity contribution is 5.76. The molecule has 0 aliphatic heterocycles. The molecule has 0 unspecified atom stereocenters. The molecule has 2 aromatic heterocycles. The van der Waals surface area contributed by atoms with E-state index in [0.717, 1.165) is 12.1 Å². The number of amides is 1. The van der Waals surface area contributed by atoms with Crippen molar-refractivity contribution >= 4 is 5.91 Å². The largest absolute Gasteiger partial charge is 0.451 e. The second kappa shape index (κ2) is 6.68. The van der Waals surface area contributed by atoms with Crippen molar-refractivity contribution in [3.8, 4) is 0 Å². The van der Waals surface area contributed by atoms with E-state index in [-0.39, 0.29) is 5.91 Å². The molecule has 2 rings (SSSR count). The quantitative estimate of drug-likeness (QED) is 0.792. The van der Waals surface area contributed by atoms with Gasteiger partial charge in [-0.2, -0.15) is 0 Å². The molecular formula is C14H17N3O2. The number of nitrogens with zero attached hydrogens (tertiary/aromatic N) is 3. The van der Waals surface area contributed by atoms with Gasteiger partial charge in [0.05, 0.1) is 5.69 Å². The molecule has 2 heterocycles. The van der Waals surface area contributed by atoms with Crippen LogP contribution in [-0.4, -0.2) is 34.4 Å². The molecular weight excluding hydrogens is 242 g/mol. The molecule has 0 bridgehead atoms. The summed E-state index contributed by atoms with van der Waals surface area (Å²) >= 11 is 0. The average Bonchev–Trinajstić information content (AvgIpc) is 2.96. The zero-order valence-electron chi connectivity index (χ0n) is 11.0. The van der Waals surface area contributed by atoms with Gasteiger partial charge in [0.2, 0.25) is 5.91 Å². The normalized spacial score (nSPS) is 10.4. The molecule has 100 valence electrons. The summed E-state index contributed by atoms with van der Waals surface area (Å²) in [5.74, 6) is 0.122. The summed E-state index contributed by atoms with van der Waals surface area (Å²) in [5.41, 5.74) is 2.00. The minimum atomic E-state index is 0.122. The number of aromatic nitrogens is 2. The van der Waals surface area contributed by atoms with Gasteiger partial charge in [0.15, 0.2) is 6.39 Å². The zero-order valence-corrected chi connectivity index (χ0v) is 11.0. The summed E-state index contributed by atoms with van der Waals surface area (Å²) < 4.78 is 4.87. The number of carbonyl (C=O) groups is 1. The van der Waals surface area contributed by atoms with Gasteiger partial charge in [-0.3, -0.25) is 9.78 Å². The van der Waals surface area contributed by atoms with E-state index >= 15 is 0 Å². The summed E-state index contributed by atoms with van der Waals surface area (Å²) in [6.45, 7) is 0.710. The van der Waals surface area contributed by atoms with E-state index < -0.39 is 0 Å². The number of oxazole rings is 1.